The number of amides is 2. The van der Waals surface area contributed by atoms with Gasteiger partial charge in [-0.3, -0.25) is 19.3 Å². The molecule has 23 heteroatoms. The molecule has 2 atom stereocenters. The van der Waals surface area contributed by atoms with E-state index >= 15 is 0 Å². The monoisotopic (exact) mass is 681 g/mol. The predicted molar refractivity (Wildman–Crippen MR) is 156 cm³/mol. The number of nitrogens with two attached hydrogens (primary N) is 1. The van der Waals surface area contributed by atoms with Crippen molar-refractivity contribution in [3.8, 4) is 5.75 Å². The third kappa shape index (κ3) is 6.54. The van der Waals surface area contributed by atoms with Crippen LogP contribution < -0.4 is 21.3 Å². The van der Waals surface area contributed by atoms with Crippen LogP contribution in [0.4, 0.5) is 5.13 Å². The van der Waals surface area contributed by atoms with Crippen LogP contribution in [0, 0.1) is 0 Å². The van der Waals surface area contributed by atoms with Gasteiger partial charge in [0, 0.05) is 36.2 Å². The summed E-state index contributed by atoms with van der Waals surface area (Å²) >= 11 is 3.21. The van der Waals surface area contributed by atoms with Gasteiger partial charge in [-0.25, -0.2) is 9.48 Å². The van der Waals surface area contributed by atoms with Gasteiger partial charge in [0.15, 0.2) is 10.9 Å². The average Bonchev–Trinajstić information content (AvgIpc) is 3.66. The third-order valence-electron chi connectivity index (χ3n) is 6.19. The molecule has 238 valence electrons. The van der Waals surface area contributed by atoms with Crippen molar-refractivity contribution in [1.82, 2.24) is 44.5 Å². The summed E-state index contributed by atoms with van der Waals surface area (Å²) in [5.41, 5.74) is 5.22. The molecule has 0 radical (unpaired) electrons. The Morgan fingerprint density at radius 2 is 2.11 bits per heavy atom. The quantitative estimate of drug-likeness (QED) is 0.0377. The van der Waals surface area contributed by atoms with Gasteiger partial charge in [-0.1, -0.05) is 16.9 Å². The minimum Gasteiger partial charge on any atom is -0.503 e. The molecule has 0 unspecified atom stereocenters. The summed E-state index contributed by atoms with van der Waals surface area (Å²) in [5.74, 6) is -3.07. The number of tetrazole rings is 1. The van der Waals surface area contributed by atoms with Crippen LogP contribution in [-0.4, -0.2) is 117 Å². The molecular weight excluding hydrogens is 659 g/mol. The summed E-state index contributed by atoms with van der Waals surface area (Å²) in [7, 11) is 2.71. The molecule has 0 aliphatic carbocycles. The Kier molecular flexibility index (Phi) is 9.50. The van der Waals surface area contributed by atoms with Crippen molar-refractivity contribution in [1.29, 1.82) is 0 Å². The molecule has 0 aromatic carbocycles. The lowest BCUT2D eigenvalue weighted by Crippen LogP contribution is -2.71. The Morgan fingerprint density at radius 3 is 2.80 bits per heavy atom. The van der Waals surface area contributed by atoms with Crippen LogP contribution >= 0.6 is 35.1 Å². The molecular formula is C22H23N11O9S3. The van der Waals surface area contributed by atoms with Crippen molar-refractivity contribution < 1.29 is 39.0 Å². The SMILES string of the molecule is COCO/N=C(\C(=O)N[C@@H]1C(=O)N2C(C(=O)O)=C(CSc3nnnn3Cc3cc(=O)c(O)cn3OC)CS[C@@H]12)c1nsc(N)n1. The molecule has 20 nitrogen and oxygen atoms in total. The number of anilines is 1. The van der Waals surface area contributed by atoms with Crippen molar-refractivity contribution in [2.24, 2.45) is 5.16 Å². The zero-order valence-electron chi connectivity index (χ0n) is 23.2. The molecule has 45 heavy (non-hydrogen) atoms. The molecule has 1 saturated heterocycles. The summed E-state index contributed by atoms with van der Waals surface area (Å²) in [5, 5.41) is 37.2. The number of carboxylic acids is 1. The van der Waals surface area contributed by atoms with E-state index in [2.05, 4.69) is 35.4 Å². The number of hydrogen-bond acceptors (Lipinski definition) is 18. The fourth-order valence-corrected chi connectivity index (χ4v) is 6.99. The van der Waals surface area contributed by atoms with Gasteiger partial charge in [0.25, 0.3) is 11.8 Å². The number of carboxylic acid groups (broad SMARTS) is 1. The van der Waals surface area contributed by atoms with E-state index in [-0.39, 0.29) is 47.2 Å². The Morgan fingerprint density at radius 1 is 1.31 bits per heavy atom. The maximum atomic E-state index is 13.2. The number of nitrogen functional groups attached to an aromatic ring is 1. The Hall–Kier alpha value is -4.74. The highest BCUT2D eigenvalue weighted by Gasteiger charge is 2.54. The summed E-state index contributed by atoms with van der Waals surface area (Å²) in [6, 6.07) is 0.109. The lowest BCUT2D eigenvalue weighted by Gasteiger charge is -2.49. The number of ether oxygens (including phenoxy) is 1. The molecule has 2 amide bonds. The fourth-order valence-electron chi connectivity index (χ4n) is 4.20. The number of rotatable bonds is 13. The first-order chi connectivity index (χ1) is 21.6. The molecule has 0 saturated carbocycles. The Labute approximate surface area is 264 Å². The zero-order valence-corrected chi connectivity index (χ0v) is 25.7. The predicted octanol–water partition coefficient (Wildman–Crippen LogP) is -2.06. The Balaban J connectivity index is 1.29. The number of fused-ring (bicyclic) bond motifs is 1. The van der Waals surface area contributed by atoms with Gasteiger partial charge < -0.3 is 35.7 Å². The number of nitrogens with zero attached hydrogens (tertiary/aromatic N) is 9. The van der Waals surface area contributed by atoms with Crippen molar-refractivity contribution in [2.45, 2.75) is 23.1 Å². The number of methoxy groups -OCH3 is 1. The van der Waals surface area contributed by atoms with E-state index in [1.54, 1.807) is 0 Å². The van der Waals surface area contributed by atoms with Gasteiger partial charge in [-0.05, 0) is 16.0 Å². The van der Waals surface area contributed by atoms with Crippen molar-refractivity contribution in [3.63, 3.8) is 0 Å². The lowest BCUT2D eigenvalue weighted by atomic mass is 10.0. The van der Waals surface area contributed by atoms with Gasteiger partial charge in [0.05, 0.1) is 18.4 Å². The summed E-state index contributed by atoms with van der Waals surface area (Å²) in [6.07, 6.45) is 1.11. The first-order valence-electron chi connectivity index (χ1n) is 12.5. The first-order valence-corrected chi connectivity index (χ1v) is 15.3. The number of aromatic hydroxyl groups is 1. The number of β-lactam (4-membered cyclic amide) rings is 1. The number of aliphatic carboxylic acids is 1. The molecule has 1 fully saturated rings. The summed E-state index contributed by atoms with van der Waals surface area (Å²) in [4.78, 5) is 65.7. The molecule has 2 aliphatic heterocycles. The van der Waals surface area contributed by atoms with E-state index in [1.807, 2.05) is 0 Å². The highest BCUT2D eigenvalue weighted by molar-refractivity contribution is 8.01. The first kappa shape index (κ1) is 31.7. The minimum atomic E-state index is -1.32. The smallest absolute Gasteiger partial charge is 0.352 e. The highest BCUT2D eigenvalue weighted by Crippen LogP contribution is 2.41. The number of carbonyl (C=O) groups excluding carboxylic acids is 2. The molecule has 5 heterocycles. The van der Waals surface area contributed by atoms with Crippen LogP contribution in [0.15, 0.2) is 38.6 Å². The summed E-state index contributed by atoms with van der Waals surface area (Å²) in [6.45, 7) is -0.271. The summed E-state index contributed by atoms with van der Waals surface area (Å²) < 4.78 is 11.3. The molecule has 3 aromatic heterocycles. The standard InChI is InChI=1S/C22H23N11O9S3/c1-40-8-42-27-13(16-25-21(23)45-28-16)17(36)24-14-18(37)33-15(20(38)39)9(6-43-19(14)33)7-44-22-26-29-30-31(22)4-10-3-11(34)12(35)5-32(10)41-2/h3,5,14,19,35H,4,6-8H2,1-2H3,(H,24,36)(H,38,39)(H2,23,25,28)/b27-13-/t14-,19+/m1/s1. The van der Waals surface area contributed by atoms with Crippen LogP contribution in [0.5, 0.6) is 5.75 Å². The van der Waals surface area contributed by atoms with Crippen LogP contribution in [0.1, 0.15) is 11.5 Å². The number of nitrogens with one attached hydrogen (secondary N) is 1. The second-order valence-electron chi connectivity index (χ2n) is 8.98. The average molecular weight is 682 g/mol. The number of carbonyl (C=O) groups is 3. The number of thioether (sulfide) groups is 2. The van der Waals surface area contributed by atoms with E-state index in [0.717, 1.165) is 34.4 Å². The second kappa shape index (κ2) is 13.5. The number of oxime groups is 1. The van der Waals surface area contributed by atoms with Crippen LogP contribution in [0.25, 0.3) is 0 Å². The van der Waals surface area contributed by atoms with Gasteiger partial charge in [0.1, 0.15) is 24.2 Å². The minimum absolute atomic E-state index is 0.00282. The van der Waals surface area contributed by atoms with Crippen molar-refractivity contribution in [2.75, 3.05) is 38.3 Å². The van der Waals surface area contributed by atoms with Gasteiger partial charge in [-0.2, -0.15) is 14.1 Å². The highest BCUT2D eigenvalue weighted by atomic mass is 32.2. The van der Waals surface area contributed by atoms with Crippen molar-refractivity contribution in [3.05, 3.63) is 45.3 Å². The van der Waals surface area contributed by atoms with Gasteiger partial charge in [-0.15, -0.1) is 16.9 Å². The number of hydrogen-bond donors (Lipinski definition) is 4. The lowest BCUT2D eigenvalue weighted by molar-refractivity contribution is -0.150. The molecule has 2 aliphatic rings. The van der Waals surface area contributed by atoms with Gasteiger partial charge >= 0.3 is 5.97 Å². The Bertz CT molecular complexity index is 1750. The largest absolute Gasteiger partial charge is 0.503 e. The maximum Gasteiger partial charge on any atom is 0.352 e. The number of aromatic nitrogens is 7. The molecule has 0 bridgehead atoms. The maximum absolute atomic E-state index is 13.2. The van der Waals surface area contributed by atoms with E-state index in [1.165, 1.54) is 41.5 Å². The van der Waals surface area contributed by atoms with E-state index in [0.29, 0.717) is 16.4 Å². The molecule has 5 rings (SSSR count). The third-order valence-corrected chi connectivity index (χ3v) is 9.11. The van der Waals surface area contributed by atoms with E-state index < -0.39 is 40.4 Å². The topological polar surface area (TPSA) is 264 Å². The zero-order chi connectivity index (χ0) is 32.2. The van der Waals surface area contributed by atoms with Crippen molar-refractivity contribution >= 4 is 63.7 Å². The van der Waals surface area contributed by atoms with Crippen LogP contribution in [-0.2, 0) is 30.5 Å². The van der Waals surface area contributed by atoms with Crippen LogP contribution in [0.3, 0.4) is 0 Å². The molecule has 0 spiro atoms. The van der Waals surface area contributed by atoms with Gasteiger partial charge in [0.2, 0.25) is 28.9 Å². The van der Waals surface area contributed by atoms with E-state index in [9.17, 15) is 29.4 Å². The second-order valence-corrected chi connectivity index (χ2v) is 11.8. The van der Waals surface area contributed by atoms with Crippen LogP contribution in [0.2, 0.25) is 0 Å². The fraction of sp³-hybridized carbons (Fsp3) is 0.364. The van der Waals surface area contributed by atoms with E-state index in [4.69, 9.17) is 20.1 Å². The molecule has 5 N–H and O–H groups in total. The number of pyridine rings is 1. The normalized spacial score (nSPS) is 18.0. The molecule has 3 aromatic rings.